The smallest absolute Gasteiger partial charge is 0.229 e. The van der Waals surface area contributed by atoms with Crippen molar-refractivity contribution in [2.75, 3.05) is 13.2 Å². The van der Waals surface area contributed by atoms with Crippen molar-refractivity contribution in [3.05, 3.63) is 29.8 Å². The van der Waals surface area contributed by atoms with E-state index in [1.165, 1.54) is 5.56 Å². The Morgan fingerprint density at radius 1 is 1.27 bits per heavy atom. The standard InChI is InChI=1S/C17H23Cl2NO2/c1-15(2,3)12-5-7-13(8-6-12)22-10-9-20-14(21)16(4)11-17(16,18)19/h5-8H,9-11H2,1-4H3,(H,20,21). The third-order valence-corrected chi connectivity index (χ3v) is 5.24. The van der Waals surface area contributed by atoms with Crippen molar-refractivity contribution in [2.24, 2.45) is 5.41 Å². The maximum absolute atomic E-state index is 12.0. The van der Waals surface area contributed by atoms with E-state index >= 15 is 0 Å². The minimum atomic E-state index is -0.930. The maximum atomic E-state index is 12.0. The molecule has 0 heterocycles. The Hall–Kier alpha value is -0.930. The van der Waals surface area contributed by atoms with Gasteiger partial charge in [-0.25, -0.2) is 0 Å². The average molecular weight is 344 g/mol. The molecule has 2 rings (SSSR count). The van der Waals surface area contributed by atoms with Gasteiger partial charge in [0.2, 0.25) is 5.91 Å². The number of alkyl halides is 2. The zero-order chi connectivity index (χ0) is 16.6. The zero-order valence-corrected chi connectivity index (χ0v) is 15.0. The summed E-state index contributed by atoms with van der Waals surface area (Å²) in [6, 6.07) is 8.03. The van der Waals surface area contributed by atoms with Crippen LogP contribution < -0.4 is 10.1 Å². The topological polar surface area (TPSA) is 38.3 Å². The molecular weight excluding hydrogens is 321 g/mol. The van der Waals surface area contributed by atoms with Crippen LogP contribution in [-0.4, -0.2) is 23.4 Å². The van der Waals surface area contributed by atoms with Crippen LogP contribution in [0.25, 0.3) is 0 Å². The first kappa shape index (κ1) is 17.4. The van der Waals surface area contributed by atoms with Crippen LogP contribution in [-0.2, 0) is 10.2 Å². The van der Waals surface area contributed by atoms with E-state index in [-0.39, 0.29) is 11.3 Å². The monoisotopic (exact) mass is 343 g/mol. The van der Waals surface area contributed by atoms with Crippen LogP contribution in [0.1, 0.15) is 39.7 Å². The predicted octanol–water partition coefficient (Wildman–Crippen LogP) is 4.06. The zero-order valence-electron chi connectivity index (χ0n) is 13.5. The molecule has 1 saturated carbocycles. The number of hydrogen-bond donors (Lipinski definition) is 1. The lowest BCUT2D eigenvalue weighted by Gasteiger charge is -2.19. The second-order valence-corrected chi connectivity index (χ2v) is 8.58. The molecule has 22 heavy (non-hydrogen) atoms. The third-order valence-electron chi connectivity index (χ3n) is 4.14. The molecule has 1 atom stereocenters. The molecule has 3 nitrogen and oxygen atoms in total. The fraction of sp³-hybridized carbons (Fsp3) is 0.588. The summed E-state index contributed by atoms with van der Waals surface area (Å²) >= 11 is 12.0. The number of carbonyl (C=O) groups is 1. The molecular formula is C17H23Cl2NO2. The van der Waals surface area contributed by atoms with E-state index in [4.69, 9.17) is 27.9 Å². The molecule has 0 aliphatic heterocycles. The second-order valence-electron chi connectivity index (χ2n) is 7.09. The highest BCUT2D eigenvalue weighted by molar-refractivity contribution is 6.53. The van der Waals surface area contributed by atoms with Crippen molar-refractivity contribution >= 4 is 29.1 Å². The molecule has 1 fully saturated rings. The van der Waals surface area contributed by atoms with Gasteiger partial charge in [0.15, 0.2) is 0 Å². The summed E-state index contributed by atoms with van der Waals surface area (Å²) in [5, 5.41) is 2.81. The summed E-state index contributed by atoms with van der Waals surface area (Å²) in [6.07, 6.45) is 0.490. The molecule has 1 unspecified atom stereocenters. The molecule has 0 aromatic heterocycles. The molecule has 1 N–H and O–H groups in total. The van der Waals surface area contributed by atoms with Gasteiger partial charge in [-0.3, -0.25) is 4.79 Å². The van der Waals surface area contributed by atoms with Gasteiger partial charge in [0.05, 0.1) is 12.0 Å². The van der Waals surface area contributed by atoms with E-state index in [0.29, 0.717) is 19.6 Å². The first-order valence-corrected chi connectivity index (χ1v) is 8.21. The minimum absolute atomic E-state index is 0.121. The van der Waals surface area contributed by atoms with Gasteiger partial charge >= 0.3 is 0 Å². The molecule has 1 amide bonds. The Morgan fingerprint density at radius 2 is 1.82 bits per heavy atom. The van der Waals surface area contributed by atoms with Gasteiger partial charge in [-0.15, -0.1) is 23.2 Å². The van der Waals surface area contributed by atoms with E-state index in [9.17, 15) is 4.79 Å². The lowest BCUT2D eigenvalue weighted by Crippen LogP contribution is -2.35. The maximum Gasteiger partial charge on any atom is 0.229 e. The average Bonchev–Trinajstić information content (AvgIpc) is 2.94. The molecule has 1 aromatic carbocycles. The van der Waals surface area contributed by atoms with Gasteiger partial charge in [-0.05, 0) is 36.5 Å². The van der Waals surface area contributed by atoms with Crippen LogP contribution in [0.5, 0.6) is 5.75 Å². The third kappa shape index (κ3) is 3.69. The number of rotatable bonds is 5. The molecule has 1 aliphatic rings. The molecule has 0 spiro atoms. The lowest BCUT2D eigenvalue weighted by molar-refractivity contribution is -0.125. The number of carbonyl (C=O) groups excluding carboxylic acids is 1. The van der Waals surface area contributed by atoms with Crippen molar-refractivity contribution in [3.63, 3.8) is 0 Å². The summed E-state index contributed by atoms with van der Waals surface area (Å²) in [5.41, 5.74) is 0.710. The molecule has 5 heteroatoms. The van der Waals surface area contributed by atoms with Crippen molar-refractivity contribution in [1.29, 1.82) is 0 Å². The van der Waals surface area contributed by atoms with Crippen LogP contribution in [0.4, 0.5) is 0 Å². The number of halogens is 2. The second kappa shape index (κ2) is 5.93. The summed E-state index contributed by atoms with van der Waals surface area (Å²) in [5.74, 6) is 0.674. The van der Waals surface area contributed by atoms with Gasteiger partial charge in [0.25, 0.3) is 0 Å². The number of hydrogen-bond acceptors (Lipinski definition) is 2. The Bertz CT molecular complexity index is 549. The Kier molecular flexibility index (Phi) is 4.70. The summed E-state index contributed by atoms with van der Waals surface area (Å²) < 4.78 is 4.70. The number of amides is 1. The molecule has 0 bridgehead atoms. The predicted molar refractivity (Wildman–Crippen MR) is 90.8 cm³/mol. The van der Waals surface area contributed by atoms with Gasteiger partial charge in [0.1, 0.15) is 16.7 Å². The SMILES string of the molecule is CC(C)(C)c1ccc(OCCNC(=O)C2(C)CC2(Cl)Cl)cc1. The Labute approximate surface area is 142 Å². The normalized spacial score (nSPS) is 23.0. The summed E-state index contributed by atoms with van der Waals surface area (Å²) in [6.45, 7) is 9.13. The number of ether oxygens (including phenoxy) is 1. The fourth-order valence-corrected chi connectivity index (χ4v) is 2.93. The van der Waals surface area contributed by atoms with E-state index in [1.807, 2.05) is 12.1 Å². The van der Waals surface area contributed by atoms with Crippen molar-refractivity contribution < 1.29 is 9.53 Å². The molecule has 0 saturated heterocycles. The first-order valence-electron chi connectivity index (χ1n) is 7.46. The number of benzene rings is 1. The van der Waals surface area contributed by atoms with Crippen molar-refractivity contribution in [3.8, 4) is 5.75 Å². The van der Waals surface area contributed by atoms with E-state index in [0.717, 1.165) is 5.75 Å². The van der Waals surface area contributed by atoms with E-state index < -0.39 is 9.75 Å². The van der Waals surface area contributed by atoms with Crippen LogP contribution in [0.2, 0.25) is 0 Å². The van der Waals surface area contributed by atoms with Crippen LogP contribution in [0.3, 0.4) is 0 Å². The van der Waals surface area contributed by atoms with E-state index in [1.54, 1.807) is 6.92 Å². The quantitative estimate of drug-likeness (QED) is 0.646. The molecule has 1 aromatic rings. The number of nitrogens with one attached hydrogen (secondary N) is 1. The molecule has 122 valence electrons. The fourth-order valence-electron chi connectivity index (χ4n) is 2.23. The highest BCUT2D eigenvalue weighted by atomic mass is 35.5. The first-order chi connectivity index (χ1) is 10.1. The van der Waals surface area contributed by atoms with Gasteiger partial charge in [-0.1, -0.05) is 32.9 Å². The van der Waals surface area contributed by atoms with Crippen molar-refractivity contribution in [2.45, 2.75) is 43.9 Å². The van der Waals surface area contributed by atoms with Gasteiger partial charge < -0.3 is 10.1 Å². The van der Waals surface area contributed by atoms with Gasteiger partial charge in [0, 0.05) is 0 Å². The Morgan fingerprint density at radius 3 is 2.27 bits per heavy atom. The highest BCUT2D eigenvalue weighted by Gasteiger charge is 2.67. The van der Waals surface area contributed by atoms with Crippen molar-refractivity contribution in [1.82, 2.24) is 5.32 Å². The largest absolute Gasteiger partial charge is 0.492 e. The van der Waals surface area contributed by atoms with Crippen LogP contribution in [0.15, 0.2) is 24.3 Å². The van der Waals surface area contributed by atoms with E-state index in [2.05, 4.69) is 38.2 Å². The lowest BCUT2D eigenvalue weighted by atomic mass is 9.87. The minimum Gasteiger partial charge on any atom is -0.492 e. The summed E-state index contributed by atoms with van der Waals surface area (Å²) in [7, 11) is 0. The molecule has 0 radical (unpaired) electrons. The van der Waals surface area contributed by atoms with Gasteiger partial charge in [-0.2, -0.15) is 0 Å². The Balaban J connectivity index is 1.75. The highest BCUT2D eigenvalue weighted by Crippen LogP contribution is 2.63. The summed E-state index contributed by atoms with van der Waals surface area (Å²) in [4.78, 5) is 12.0. The van der Waals surface area contributed by atoms with Crippen LogP contribution >= 0.6 is 23.2 Å². The van der Waals surface area contributed by atoms with Crippen LogP contribution in [0, 0.1) is 5.41 Å². The molecule has 1 aliphatic carbocycles.